The largest absolute Gasteiger partial charge is 0.616 e. The molecule has 10 nitrogen and oxygen atoms in total. The minimum Gasteiger partial charge on any atom is -0.616 e. The lowest BCUT2D eigenvalue weighted by molar-refractivity contribution is 0.103. The molecule has 1 aliphatic rings. The van der Waals surface area contributed by atoms with Gasteiger partial charge in [0.25, 0.3) is 0 Å². The van der Waals surface area contributed by atoms with Crippen molar-refractivity contribution in [2.75, 3.05) is 34.4 Å². The maximum atomic E-state index is 13.5. The van der Waals surface area contributed by atoms with Crippen LogP contribution in [-0.4, -0.2) is 71.8 Å². The van der Waals surface area contributed by atoms with Crippen molar-refractivity contribution >= 4 is 34.0 Å². The van der Waals surface area contributed by atoms with Crippen LogP contribution in [0.3, 0.4) is 0 Å². The highest BCUT2D eigenvalue weighted by molar-refractivity contribution is 7.91. The first-order chi connectivity index (χ1) is 15.8. The van der Waals surface area contributed by atoms with Gasteiger partial charge in [0, 0.05) is 0 Å². The standard InChI is InChI=1S/C21H25FN6O4S/c1-13(29)28(14(2)30)21-25-18-17(19(26-21)27-6-8-33(31)9-7-27)23-12-24-20(18)32-11-15-4-3-5-16(22)10-15/h3-5,10,12-14,29-30H,6-9,11H2,1-2H3. The van der Waals surface area contributed by atoms with Crippen molar-refractivity contribution in [3.63, 3.8) is 0 Å². The highest BCUT2D eigenvalue weighted by atomic mass is 32.2. The van der Waals surface area contributed by atoms with Gasteiger partial charge < -0.3 is 24.4 Å². The SMILES string of the molecule is CC(O)N(c1nc(N2CC[S+]([O-])CC2)c2ncnc(OCc3cccc(F)c3)c2n1)C(C)O. The average molecular weight is 477 g/mol. The molecule has 0 spiro atoms. The molecule has 4 rings (SSSR count). The van der Waals surface area contributed by atoms with Gasteiger partial charge in [-0.3, -0.25) is 4.90 Å². The van der Waals surface area contributed by atoms with E-state index in [0.717, 1.165) is 0 Å². The van der Waals surface area contributed by atoms with Crippen LogP contribution in [0.1, 0.15) is 19.4 Å². The van der Waals surface area contributed by atoms with Crippen molar-refractivity contribution in [3.05, 3.63) is 42.0 Å². The van der Waals surface area contributed by atoms with Crippen LogP contribution in [-0.2, 0) is 17.8 Å². The predicted molar refractivity (Wildman–Crippen MR) is 122 cm³/mol. The number of anilines is 2. The molecule has 3 heterocycles. The number of halogens is 1. The number of hydrogen-bond acceptors (Lipinski definition) is 10. The number of ether oxygens (including phenoxy) is 1. The Bertz CT molecular complexity index is 1110. The van der Waals surface area contributed by atoms with Crippen molar-refractivity contribution in [2.45, 2.75) is 32.9 Å². The van der Waals surface area contributed by atoms with Crippen LogP contribution < -0.4 is 14.5 Å². The van der Waals surface area contributed by atoms with Crippen LogP contribution >= 0.6 is 0 Å². The first-order valence-electron chi connectivity index (χ1n) is 10.5. The Morgan fingerprint density at radius 1 is 1.15 bits per heavy atom. The van der Waals surface area contributed by atoms with Gasteiger partial charge in [-0.2, -0.15) is 9.97 Å². The van der Waals surface area contributed by atoms with Crippen LogP contribution in [0, 0.1) is 5.82 Å². The van der Waals surface area contributed by atoms with Crippen molar-refractivity contribution in [1.29, 1.82) is 0 Å². The van der Waals surface area contributed by atoms with Crippen LogP contribution in [0.5, 0.6) is 5.88 Å². The summed E-state index contributed by atoms with van der Waals surface area (Å²) in [6.45, 7) is 4.05. The minimum absolute atomic E-state index is 0.0533. The summed E-state index contributed by atoms with van der Waals surface area (Å²) in [5.41, 5.74) is 1.32. The number of fused-ring (bicyclic) bond motifs is 1. The molecule has 1 aromatic carbocycles. The summed E-state index contributed by atoms with van der Waals surface area (Å²) >= 11 is -0.891. The normalized spacial score (nSPS) is 16.6. The topological polar surface area (TPSA) is 131 Å². The molecule has 176 valence electrons. The molecule has 0 saturated carbocycles. The average Bonchev–Trinajstić information content (AvgIpc) is 2.77. The van der Waals surface area contributed by atoms with Crippen molar-refractivity contribution < 1.29 is 23.9 Å². The van der Waals surface area contributed by atoms with Crippen molar-refractivity contribution in [2.24, 2.45) is 0 Å². The molecule has 12 heteroatoms. The number of aliphatic hydroxyl groups excluding tert-OH is 2. The van der Waals surface area contributed by atoms with Crippen LogP contribution in [0.15, 0.2) is 30.6 Å². The van der Waals surface area contributed by atoms with Gasteiger partial charge in [0.1, 0.15) is 48.2 Å². The summed E-state index contributed by atoms with van der Waals surface area (Å²) < 4.78 is 31.3. The first-order valence-corrected chi connectivity index (χ1v) is 12.0. The minimum atomic E-state index is -1.08. The fourth-order valence-electron chi connectivity index (χ4n) is 3.62. The number of benzene rings is 1. The van der Waals surface area contributed by atoms with Gasteiger partial charge in [-0.25, -0.2) is 14.4 Å². The predicted octanol–water partition coefficient (Wildman–Crippen LogP) is 1.19. The molecule has 0 bridgehead atoms. The zero-order chi connectivity index (χ0) is 23.5. The van der Waals surface area contributed by atoms with E-state index in [2.05, 4.69) is 19.9 Å². The second-order valence-electron chi connectivity index (χ2n) is 7.65. The molecule has 1 fully saturated rings. The van der Waals surface area contributed by atoms with E-state index in [-0.39, 0.29) is 29.8 Å². The number of hydrogen-bond donors (Lipinski definition) is 2. The molecule has 0 amide bonds. The molecule has 2 unspecified atom stereocenters. The summed E-state index contributed by atoms with van der Waals surface area (Å²) in [4.78, 5) is 20.8. The Balaban J connectivity index is 1.79. The Labute approximate surface area is 193 Å². The first kappa shape index (κ1) is 23.4. The quantitative estimate of drug-likeness (QED) is 0.379. The summed E-state index contributed by atoms with van der Waals surface area (Å²) in [6, 6.07) is 6.04. The van der Waals surface area contributed by atoms with E-state index in [1.54, 1.807) is 12.1 Å². The molecule has 33 heavy (non-hydrogen) atoms. The van der Waals surface area contributed by atoms with Crippen LogP contribution in [0.4, 0.5) is 16.2 Å². The highest BCUT2D eigenvalue weighted by Crippen LogP contribution is 2.31. The second-order valence-corrected chi connectivity index (χ2v) is 9.34. The van der Waals surface area contributed by atoms with Crippen LogP contribution in [0.2, 0.25) is 0 Å². The lowest BCUT2D eigenvalue weighted by Gasteiger charge is -2.32. The number of rotatable bonds is 7. The number of aromatic nitrogens is 4. The molecule has 2 N–H and O–H groups in total. The molecule has 0 aliphatic carbocycles. The lowest BCUT2D eigenvalue weighted by Crippen LogP contribution is -2.43. The Morgan fingerprint density at radius 2 is 1.88 bits per heavy atom. The van der Waals surface area contributed by atoms with E-state index in [1.165, 1.54) is 37.2 Å². The molecule has 2 aromatic heterocycles. The van der Waals surface area contributed by atoms with Crippen molar-refractivity contribution in [1.82, 2.24) is 19.9 Å². The van der Waals surface area contributed by atoms with E-state index < -0.39 is 23.6 Å². The summed E-state index contributed by atoms with van der Waals surface area (Å²) in [5.74, 6) is 1.31. The number of aliphatic hydroxyl groups is 2. The van der Waals surface area contributed by atoms with Gasteiger partial charge in [-0.1, -0.05) is 23.3 Å². The summed E-state index contributed by atoms with van der Waals surface area (Å²) in [5, 5.41) is 20.5. The maximum absolute atomic E-state index is 13.5. The third-order valence-electron chi connectivity index (χ3n) is 5.20. The fraction of sp³-hybridized carbons (Fsp3) is 0.429. The molecule has 0 radical (unpaired) electrons. The second kappa shape index (κ2) is 10.00. The van der Waals surface area contributed by atoms with E-state index in [9.17, 15) is 19.2 Å². The third-order valence-corrected chi connectivity index (χ3v) is 6.47. The molecule has 2 atom stereocenters. The van der Waals surface area contributed by atoms with Gasteiger partial charge in [0.15, 0.2) is 11.3 Å². The van der Waals surface area contributed by atoms with Gasteiger partial charge in [-0.15, -0.1) is 0 Å². The van der Waals surface area contributed by atoms with Crippen molar-refractivity contribution in [3.8, 4) is 5.88 Å². The Kier molecular flexibility index (Phi) is 7.08. The molecule has 3 aromatic rings. The zero-order valence-corrected chi connectivity index (χ0v) is 19.1. The molecular weight excluding hydrogens is 451 g/mol. The molecular formula is C21H25FN6O4S. The number of nitrogens with zero attached hydrogens (tertiary/aromatic N) is 6. The van der Waals surface area contributed by atoms with E-state index in [1.807, 2.05) is 4.90 Å². The Hall–Kier alpha value is -2.80. The Morgan fingerprint density at radius 3 is 2.55 bits per heavy atom. The van der Waals surface area contributed by atoms with E-state index in [0.29, 0.717) is 41.5 Å². The van der Waals surface area contributed by atoms with Gasteiger partial charge in [-0.05, 0) is 31.5 Å². The summed E-state index contributed by atoms with van der Waals surface area (Å²) in [7, 11) is 0. The third kappa shape index (κ3) is 5.24. The van der Waals surface area contributed by atoms with E-state index >= 15 is 0 Å². The maximum Gasteiger partial charge on any atom is 0.244 e. The molecule has 1 saturated heterocycles. The highest BCUT2D eigenvalue weighted by Gasteiger charge is 2.28. The van der Waals surface area contributed by atoms with Gasteiger partial charge in [0.05, 0.1) is 13.1 Å². The monoisotopic (exact) mass is 476 g/mol. The van der Waals surface area contributed by atoms with Crippen LogP contribution in [0.25, 0.3) is 11.0 Å². The van der Waals surface area contributed by atoms with Gasteiger partial charge >= 0.3 is 0 Å². The lowest BCUT2D eigenvalue weighted by atomic mass is 10.2. The van der Waals surface area contributed by atoms with E-state index in [4.69, 9.17) is 4.74 Å². The smallest absolute Gasteiger partial charge is 0.244 e. The zero-order valence-electron chi connectivity index (χ0n) is 18.3. The van der Waals surface area contributed by atoms with Gasteiger partial charge in [0.2, 0.25) is 11.8 Å². The molecule has 1 aliphatic heterocycles. The summed E-state index contributed by atoms with van der Waals surface area (Å²) in [6.07, 6.45) is -0.824. The fourth-order valence-corrected chi connectivity index (χ4v) is 4.67.